The Bertz CT molecular complexity index is 706. The number of amides is 1. The topological polar surface area (TPSA) is 70.2 Å². The van der Waals surface area contributed by atoms with Crippen LogP contribution < -0.4 is 0 Å². The van der Waals surface area contributed by atoms with Crippen molar-refractivity contribution in [1.82, 2.24) is 13.5 Å². The molecule has 0 radical (unpaired) electrons. The van der Waals surface area contributed by atoms with E-state index in [0.29, 0.717) is 58.0 Å². The number of carbonyl (C=O) groups is 1. The molecule has 2 aliphatic heterocycles. The second kappa shape index (κ2) is 8.47. The van der Waals surface area contributed by atoms with Crippen LogP contribution >= 0.6 is 0 Å². The van der Waals surface area contributed by atoms with Gasteiger partial charge in [-0.2, -0.15) is 17.0 Å². The van der Waals surface area contributed by atoms with Gasteiger partial charge in [-0.3, -0.25) is 4.79 Å². The van der Waals surface area contributed by atoms with Crippen molar-refractivity contribution >= 4 is 16.1 Å². The first-order chi connectivity index (χ1) is 12.5. The van der Waals surface area contributed by atoms with Gasteiger partial charge in [0.05, 0.1) is 13.2 Å². The number of hydrogen-bond donors (Lipinski definition) is 0. The lowest BCUT2D eigenvalue weighted by molar-refractivity contribution is 0.0636. The molecule has 0 bridgehead atoms. The van der Waals surface area contributed by atoms with E-state index in [9.17, 15) is 13.2 Å². The molecule has 1 aromatic rings. The lowest BCUT2D eigenvalue weighted by Gasteiger charge is -2.37. The molecule has 0 aromatic heterocycles. The molecule has 0 N–H and O–H groups in total. The first-order valence-electron chi connectivity index (χ1n) is 9.23. The Balaban J connectivity index is 1.58. The maximum absolute atomic E-state index is 12.7. The van der Waals surface area contributed by atoms with E-state index in [4.69, 9.17) is 4.74 Å². The van der Waals surface area contributed by atoms with Crippen molar-refractivity contribution in [2.45, 2.75) is 19.8 Å². The average molecular weight is 381 g/mol. The number of aryl methyl sites for hydroxylation is 1. The van der Waals surface area contributed by atoms with E-state index in [1.165, 1.54) is 14.2 Å². The van der Waals surface area contributed by atoms with E-state index in [2.05, 4.69) is 6.92 Å². The number of benzene rings is 1. The highest BCUT2D eigenvalue weighted by molar-refractivity contribution is 7.86. The van der Waals surface area contributed by atoms with Crippen LogP contribution in [0.1, 0.15) is 29.3 Å². The van der Waals surface area contributed by atoms with Crippen molar-refractivity contribution in [3.63, 3.8) is 0 Å². The van der Waals surface area contributed by atoms with Crippen LogP contribution in [-0.4, -0.2) is 80.3 Å². The predicted molar refractivity (Wildman–Crippen MR) is 99.2 cm³/mol. The smallest absolute Gasteiger partial charge is 0.282 e. The van der Waals surface area contributed by atoms with Crippen molar-refractivity contribution in [1.29, 1.82) is 0 Å². The fourth-order valence-corrected chi connectivity index (χ4v) is 4.91. The van der Waals surface area contributed by atoms with Gasteiger partial charge in [0.15, 0.2) is 0 Å². The molecule has 0 saturated carbocycles. The van der Waals surface area contributed by atoms with E-state index >= 15 is 0 Å². The minimum atomic E-state index is -3.46. The minimum absolute atomic E-state index is 0.0310. The van der Waals surface area contributed by atoms with Crippen LogP contribution in [0.5, 0.6) is 0 Å². The van der Waals surface area contributed by atoms with E-state index in [0.717, 1.165) is 12.8 Å². The fourth-order valence-electron chi connectivity index (χ4n) is 3.35. The van der Waals surface area contributed by atoms with Crippen molar-refractivity contribution in [3.8, 4) is 0 Å². The number of morpholine rings is 1. The molecule has 2 heterocycles. The summed E-state index contributed by atoms with van der Waals surface area (Å²) in [5.41, 5.74) is 1.89. The van der Waals surface area contributed by atoms with E-state index in [-0.39, 0.29) is 5.91 Å². The normalized spacial score (nSPS) is 20.3. The van der Waals surface area contributed by atoms with Gasteiger partial charge in [-0.05, 0) is 24.1 Å². The molecule has 144 valence electrons. The molecular formula is C18H27N3O4S. The van der Waals surface area contributed by atoms with Crippen LogP contribution in [0.15, 0.2) is 24.3 Å². The van der Waals surface area contributed by atoms with Gasteiger partial charge in [0, 0.05) is 44.8 Å². The maximum Gasteiger partial charge on any atom is 0.282 e. The van der Waals surface area contributed by atoms with Gasteiger partial charge in [0.2, 0.25) is 0 Å². The Hall–Kier alpha value is -1.48. The van der Waals surface area contributed by atoms with Crippen molar-refractivity contribution < 1.29 is 17.9 Å². The molecule has 7 nitrogen and oxygen atoms in total. The first kappa shape index (κ1) is 19.3. The highest BCUT2D eigenvalue weighted by Crippen LogP contribution is 2.16. The summed E-state index contributed by atoms with van der Waals surface area (Å²) in [6, 6.07) is 7.72. The number of carbonyl (C=O) groups excluding carboxylic acids is 1. The molecule has 3 rings (SSSR count). The monoisotopic (exact) mass is 381 g/mol. The number of piperazine rings is 1. The van der Waals surface area contributed by atoms with Gasteiger partial charge in [-0.15, -0.1) is 0 Å². The Morgan fingerprint density at radius 3 is 2.12 bits per heavy atom. The molecule has 0 unspecified atom stereocenters. The third kappa shape index (κ3) is 4.25. The third-order valence-electron chi connectivity index (χ3n) is 4.89. The largest absolute Gasteiger partial charge is 0.379 e. The van der Waals surface area contributed by atoms with Gasteiger partial charge in [0.1, 0.15) is 0 Å². The van der Waals surface area contributed by atoms with E-state index in [1.807, 2.05) is 24.3 Å². The molecule has 2 saturated heterocycles. The zero-order valence-corrected chi connectivity index (χ0v) is 16.1. The maximum atomic E-state index is 12.7. The van der Waals surface area contributed by atoms with Gasteiger partial charge in [-0.25, -0.2) is 0 Å². The summed E-state index contributed by atoms with van der Waals surface area (Å²) < 4.78 is 33.5. The molecule has 0 aliphatic carbocycles. The molecule has 0 atom stereocenters. The summed E-state index contributed by atoms with van der Waals surface area (Å²) in [7, 11) is -3.46. The van der Waals surface area contributed by atoms with Gasteiger partial charge >= 0.3 is 0 Å². The Morgan fingerprint density at radius 2 is 1.54 bits per heavy atom. The predicted octanol–water partition coefficient (Wildman–Crippen LogP) is 0.974. The summed E-state index contributed by atoms with van der Waals surface area (Å²) in [5.74, 6) is -0.0310. The summed E-state index contributed by atoms with van der Waals surface area (Å²) >= 11 is 0. The van der Waals surface area contributed by atoms with Crippen molar-refractivity contribution in [2.24, 2.45) is 0 Å². The van der Waals surface area contributed by atoms with Crippen LogP contribution in [0.3, 0.4) is 0 Å². The Kier molecular flexibility index (Phi) is 6.29. The van der Waals surface area contributed by atoms with Crippen LogP contribution in [0.4, 0.5) is 0 Å². The summed E-state index contributed by atoms with van der Waals surface area (Å²) in [6.45, 7) is 5.29. The second-order valence-corrected chi connectivity index (χ2v) is 8.59. The molecule has 26 heavy (non-hydrogen) atoms. The molecular weight excluding hydrogens is 354 g/mol. The quantitative estimate of drug-likeness (QED) is 0.762. The zero-order valence-electron chi connectivity index (χ0n) is 15.3. The highest BCUT2D eigenvalue weighted by Gasteiger charge is 2.34. The van der Waals surface area contributed by atoms with Gasteiger partial charge < -0.3 is 9.64 Å². The molecule has 1 amide bonds. The highest BCUT2D eigenvalue weighted by atomic mass is 32.2. The number of nitrogens with zero attached hydrogens (tertiary/aromatic N) is 3. The van der Waals surface area contributed by atoms with Gasteiger partial charge in [0.25, 0.3) is 16.1 Å². The number of rotatable bonds is 5. The van der Waals surface area contributed by atoms with Crippen molar-refractivity contribution in [3.05, 3.63) is 35.4 Å². The average Bonchev–Trinajstić information content (AvgIpc) is 2.69. The van der Waals surface area contributed by atoms with Crippen LogP contribution in [-0.2, 0) is 21.4 Å². The standard InChI is InChI=1S/C18H27N3O4S/c1-2-3-16-4-6-17(7-5-16)18(22)19-8-10-20(11-9-19)26(23,24)21-12-14-25-15-13-21/h4-7H,2-3,8-15H2,1H3. The lowest BCUT2D eigenvalue weighted by atomic mass is 10.1. The molecule has 8 heteroatoms. The minimum Gasteiger partial charge on any atom is -0.379 e. The van der Waals surface area contributed by atoms with E-state index < -0.39 is 10.2 Å². The second-order valence-electron chi connectivity index (χ2n) is 6.66. The van der Waals surface area contributed by atoms with E-state index in [1.54, 1.807) is 4.90 Å². The Labute approximate surface area is 155 Å². The Morgan fingerprint density at radius 1 is 0.962 bits per heavy atom. The number of hydrogen-bond acceptors (Lipinski definition) is 4. The SMILES string of the molecule is CCCc1ccc(C(=O)N2CCN(S(=O)(=O)N3CCOCC3)CC2)cc1. The zero-order chi connectivity index (χ0) is 18.6. The number of ether oxygens (including phenoxy) is 1. The first-order valence-corrected chi connectivity index (χ1v) is 10.6. The summed E-state index contributed by atoms with van der Waals surface area (Å²) in [4.78, 5) is 14.4. The fraction of sp³-hybridized carbons (Fsp3) is 0.611. The summed E-state index contributed by atoms with van der Waals surface area (Å²) in [5, 5.41) is 0. The van der Waals surface area contributed by atoms with Gasteiger partial charge in [-0.1, -0.05) is 25.5 Å². The van der Waals surface area contributed by atoms with Crippen molar-refractivity contribution in [2.75, 3.05) is 52.5 Å². The molecule has 1 aromatic carbocycles. The molecule has 2 fully saturated rings. The molecule has 0 spiro atoms. The third-order valence-corrected chi connectivity index (χ3v) is 6.92. The van der Waals surface area contributed by atoms with Crippen LogP contribution in [0, 0.1) is 0 Å². The van der Waals surface area contributed by atoms with Crippen LogP contribution in [0.2, 0.25) is 0 Å². The molecule has 2 aliphatic rings. The lowest BCUT2D eigenvalue weighted by Crippen LogP contribution is -2.55. The summed E-state index contributed by atoms with van der Waals surface area (Å²) in [6.07, 6.45) is 2.08. The van der Waals surface area contributed by atoms with Crippen LogP contribution in [0.25, 0.3) is 0 Å².